The molecule has 5 heterocycles. The van der Waals surface area contributed by atoms with E-state index < -0.39 is 0 Å². The molecule has 1 aliphatic carbocycles. The Morgan fingerprint density at radius 2 is 2.12 bits per heavy atom. The molecule has 2 aromatic rings. The Morgan fingerprint density at radius 1 is 1.24 bits per heavy atom. The van der Waals surface area contributed by atoms with E-state index >= 15 is 0 Å². The maximum atomic E-state index is 6.09. The van der Waals surface area contributed by atoms with Gasteiger partial charge in [0.1, 0.15) is 11.4 Å². The highest BCUT2D eigenvalue weighted by Crippen LogP contribution is 2.43. The minimum absolute atomic E-state index is 0.0643. The normalized spacial score (nSPS) is 35.8. The van der Waals surface area contributed by atoms with Gasteiger partial charge in [0, 0.05) is 13.0 Å². The van der Waals surface area contributed by atoms with Crippen LogP contribution in [0.25, 0.3) is 10.2 Å². The first-order valence-corrected chi connectivity index (χ1v) is 10.2. The number of nitrogens with zero attached hydrogens (tertiary/aromatic N) is 3. The highest BCUT2D eigenvalue weighted by Gasteiger charge is 2.52. The van der Waals surface area contributed by atoms with Crippen LogP contribution in [0.2, 0.25) is 0 Å². The molecule has 1 aromatic carbocycles. The molecule has 4 aliphatic heterocycles. The van der Waals surface area contributed by atoms with E-state index in [0.29, 0.717) is 5.92 Å². The minimum atomic E-state index is -0.0643. The molecule has 1 atom stereocenters. The summed E-state index contributed by atoms with van der Waals surface area (Å²) in [5.74, 6) is 2.37. The van der Waals surface area contributed by atoms with Gasteiger partial charge in [0.2, 0.25) is 5.13 Å². The molecule has 0 radical (unpaired) electrons. The lowest BCUT2D eigenvalue weighted by Crippen LogP contribution is -2.59. The number of hydroxylamine groups is 1. The van der Waals surface area contributed by atoms with Crippen molar-refractivity contribution in [1.29, 1.82) is 0 Å². The van der Waals surface area contributed by atoms with E-state index in [-0.39, 0.29) is 5.60 Å². The molecule has 1 saturated carbocycles. The molecule has 0 amide bonds. The molecule has 25 heavy (non-hydrogen) atoms. The lowest BCUT2D eigenvalue weighted by atomic mass is 9.74. The van der Waals surface area contributed by atoms with Crippen LogP contribution in [0.5, 0.6) is 0 Å². The quantitative estimate of drug-likeness (QED) is 0.895. The SMILES string of the molecule is c1cc2sc(/N=C3/CC4(CN5CCC4CC5)ON3)nc2cc1C1CC1. The summed E-state index contributed by atoms with van der Waals surface area (Å²) in [5.41, 5.74) is 5.58. The fourth-order valence-corrected chi connectivity index (χ4v) is 5.63. The fourth-order valence-electron chi connectivity index (χ4n) is 4.79. The number of hydrogen-bond acceptors (Lipinski definition) is 5. The number of thiazole rings is 1. The van der Waals surface area contributed by atoms with Gasteiger partial charge in [-0.25, -0.2) is 9.98 Å². The first-order valence-electron chi connectivity index (χ1n) is 9.42. The molecule has 6 heteroatoms. The third-order valence-electron chi connectivity index (χ3n) is 6.34. The van der Waals surface area contributed by atoms with Crippen LogP contribution < -0.4 is 5.48 Å². The second-order valence-electron chi connectivity index (χ2n) is 8.05. The molecular formula is C19H22N4OS. The third-order valence-corrected chi connectivity index (χ3v) is 7.27. The second-order valence-corrected chi connectivity index (χ2v) is 9.06. The second kappa shape index (κ2) is 5.25. The van der Waals surface area contributed by atoms with Crippen molar-refractivity contribution in [2.75, 3.05) is 19.6 Å². The van der Waals surface area contributed by atoms with Crippen molar-refractivity contribution in [2.24, 2.45) is 10.9 Å². The van der Waals surface area contributed by atoms with Crippen molar-refractivity contribution in [2.45, 2.75) is 43.6 Å². The summed E-state index contributed by atoms with van der Waals surface area (Å²) in [6.45, 7) is 3.49. The Balaban J connectivity index is 1.27. The smallest absolute Gasteiger partial charge is 0.211 e. The van der Waals surface area contributed by atoms with Gasteiger partial charge in [-0.2, -0.15) is 0 Å². The molecule has 1 aromatic heterocycles. The molecule has 1 unspecified atom stereocenters. The summed E-state index contributed by atoms with van der Waals surface area (Å²) in [4.78, 5) is 18.2. The zero-order valence-corrected chi connectivity index (χ0v) is 15.0. The fraction of sp³-hybridized carbons (Fsp3) is 0.579. The standard InChI is InChI=1S/C19H22N4OS/c1-2-12(1)13-3-4-16-15(9-13)20-18(25-16)21-17-10-19(24-22-17)11-23-7-5-14(19)6-8-23/h3-4,9,12,14H,1-2,5-8,10-11H2,(H,20,21,22). The van der Waals surface area contributed by atoms with Gasteiger partial charge in [-0.1, -0.05) is 17.4 Å². The van der Waals surface area contributed by atoms with Crippen molar-refractivity contribution in [3.05, 3.63) is 23.8 Å². The Hall–Kier alpha value is -1.50. The summed E-state index contributed by atoms with van der Waals surface area (Å²) in [5, 5.41) is 0.840. The van der Waals surface area contributed by atoms with Crippen LogP contribution in [-0.2, 0) is 4.84 Å². The van der Waals surface area contributed by atoms with Gasteiger partial charge in [-0.3, -0.25) is 10.3 Å². The van der Waals surface area contributed by atoms with Crippen LogP contribution in [0, 0.1) is 5.92 Å². The van der Waals surface area contributed by atoms with Gasteiger partial charge < -0.3 is 4.90 Å². The van der Waals surface area contributed by atoms with Gasteiger partial charge in [-0.15, -0.1) is 0 Å². The van der Waals surface area contributed by atoms with Crippen LogP contribution in [0.15, 0.2) is 23.2 Å². The highest BCUT2D eigenvalue weighted by atomic mass is 32.1. The predicted octanol–water partition coefficient (Wildman–Crippen LogP) is 3.59. The molecule has 5 aliphatic rings. The molecule has 2 bridgehead atoms. The first-order chi connectivity index (χ1) is 12.3. The van der Waals surface area contributed by atoms with E-state index in [0.717, 1.165) is 35.4 Å². The summed E-state index contributed by atoms with van der Waals surface area (Å²) in [6.07, 6.45) is 6.04. The Bertz CT molecular complexity index is 865. The molecule has 130 valence electrons. The van der Waals surface area contributed by atoms with Crippen LogP contribution in [0.4, 0.5) is 5.13 Å². The van der Waals surface area contributed by atoms with E-state index in [1.165, 1.54) is 49.0 Å². The number of hydrogen-bond donors (Lipinski definition) is 1. The monoisotopic (exact) mass is 354 g/mol. The lowest BCUT2D eigenvalue weighted by molar-refractivity contribution is -0.150. The van der Waals surface area contributed by atoms with E-state index in [1.807, 2.05) is 0 Å². The first kappa shape index (κ1) is 14.6. The van der Waals surface area contributed by atoms with E-state index in [9.17, 15) is 0 Å². The average molecular weight is 354 g/mol. The van der Waals surface area contributed by atoms with Crippen LogP contribution in [0.1, 0.15) is 43.6 Å². The van der Waals surface area contributed by atoms with Gasteiger partial charge in [0.25, 0.3) is 0 Å². The van der Waals surface area contributed by atoms with Crippen LogP contribution in [-0.4, -0.2) is 41.0 Å². The number of fused-ring (bicyclic) bond motifs is 3. The van der Waals surface area contributed by atoms with Crippen molar-refractivity contribution < 1.29 is 4.84 Å². The average Bonchev–Trinajstić information content (AvgIpc) is 3.31. The summed E-state index contributed by atoms with van der Waals surface area (Å²) in [7, 11) is 0. The summed E-state index contributed by atoms with van der Waals surface area (Å²) >= 11 is 1.67. The van der Waals surface area contributed by atoms with Gasteiger partial charge in [0.15, 0.2) is 0 Å². The molecule has 5 nitrogen and oxygen atoms in total. The zero-order chi connectivity index (χ0) is 16.4. The molecule has 7 rings (SSSR count). The Labute approximate surface area is 151 Å². The molecule has 5 fully saturated rings. The van der Waals surface area contributed by atoms with Gasteiger partial charge in [0.05, 0.1) is 10.2 Å². The van der Waals surface area contributed by atoms with Crippen molar-refractivity contribution in [1.82, 2.24) is 15.4 Å². The van der Waals surface area contributed by atoms with Gasteiger partial charge >= 0.3 is 0 Å². The van der Waals surface area contributed by atoms with E-state index in [1.54, 1.807) is 11.3 Å². The summed E-state index contributed by atoms with van der Waals surface area (Å²) < 4.78 is 1.22. The molecule has 1 spiro atoms. The number of piperidine rings is 3. The molecule has 1 N–H and O–H groups in total. The Morgan fingerprint density at radius 3 is 2.88 bits per heavy atom. The number of rotatable bonds is 2. The maximum Gasteiger partial charge on any atom is 0.211 e. The van der Waals surface area contributed by atoms with E-state index in [2.05, 4.69) is 28.6 Å². The van der Waals surface area contributed by atoms with Crippen molar-refractivity contribution >= 4 is 32.5 Å². The topological polar surface area (TPSA) is 49.8 Å². The number of aliphatic imine (C=N–C) groups is 1. The third kappa shape index (κ3) is 2.42. The van der Waals surface area contributed by atoms with Crippen LogP contribution in [0.3, 0.4) is 0 Å². The maximum absolute atomic E-state index is 6.09. The number of nitrogens with one attached hydrogen (secondary N) is 1. The number of amidine groups is 1. The lowest BCUT2D eigenvalue weighted by Gasteiger charge is -2.49. The minimum Gasteiger partial charge on any atom is -0.300 e. The van der Waals surface area contributed by atoms with Crippen molar-refractivity contribution in [3.63, 3.8) is 0 Å². The Kier molecular flexibility index (Phi) is 3.08. The van der Waals surface area contributed by atoms with E-state index in [4.69, 9.17) is 14.8 Å². The largest absolute Gasteiger partial charge is 0.300 e. The molecular weight excluding hydrogens is 332 g/mol. The van der Waals surface area contributed by atoms with Crippen molar-refractivity contribution in [3.8, 4) is 0 Å². The van der Waals surface area contributed by atoms with Crippen LogP contribution >= 0.6 is 11.3 Å². The van der Waals surface area contributed by atoms with Gasteiger partial charge in [-0.05, 0) is 68.3 Å². The zero-order valence-electron chi connectivity index (χ0n) is 14.2. The summed E-state index contributed by atoms with van der Waals surface area (Å²) in [6, 6.07) is 6.71. The molecule has 4 saturated heterocycles. The number of benzene rings is 1. The number of aromatic nitrogens is 1. The highest BCUT2D eigenvalue weighted by molar-refractivity contribution is 7.22. The predicted molar refractivity (Wildman–Crippen MR) is 99.4 cm³/mol.